The van der Waals surface area contributed by atoms with Crippen LogP contribution in [0.3, 0.4) is 0 Å². The summed E-state index contributed by atoms with van der Waals surface area (Å²) in [6.45, 7) is 6.04. The summed E-state index contributed by atoms with van der Waals surface area (Å²) in [5, 5.41) is 2.93. The molecule has 0 atom stereocenters. The van der Waals surface area contributed by atoms with E-state index < -0.39 is 5.41 Å². The molecular formula is C15H20N2O2. The quantitative estimate of drug-likeness (QED) is 0.864. The molecule has 0 saturated carbocycles. The molecule has 2 heterocycles. The van der Waals surface area contributed by atoms with E-state index in [1.165, 1.54) is 5.56 Å². The van der Waals surface area contributed by atoms with E-state index in [0.29, 0.717) is 6.54 Å². The Balaban J connectivity index is 1.90. The van der Waals surface area contributed by atoms with E-state index in [4.69, 9.17) is 10.5 Å². The molecule has 2 aliphatic rings. The van der Waals surface area contributed by atoms with Crippen molar-refractivity contribution in [3.05, 3.63) is 29.3 Å². The monoisotopic (exact) mass is 260 g/mol. The van der Waals surface area contributed by atoms with Gasteiger partial charge in [-0.25, -0.2) is 0 Å². The lowest BCUT2D eigenvalue weighted by Gasteiger charge is -2.40. The molecule has 3 rings (SSSR count). The number of ether oxygens (including phenoxy) is 1. The van der Waals surface area contributed by atoms with Crippen molar-refractivity contribution in [3.8, 4) is 0 Å². The maximum absolute atomic E-state index is 11.9. The van der Waals surface area contributed by atoms with E-state index in [2.05, 4.69) is 17.4 Å². The molecule has 102 valence electrons. The first-order chi connectivity index (χ1) is 8.97. The average molecular weight is 260 g/mol. The van der Waals surface area contributed by atoms with Gasteiger partial charge in [0.05, 0.1) is 18.6 Å². The minimum atomic E-state index is -0.447. The fourth-order valence-corrected chi connectivity index (χ4v) is 2.84. The summed E-state index contributed by atoms with van der Waals surface area (Å²) in [5.74, 6) is 0.0696. The van der Waals surface area contributed by atoms with Crippen LogP contribution in [-0.4, -0.2) is 25.7 Å². The molecule has 0 radical (unpaired) electrons. The lowest BCUT2D eigenvalue weighted by Crippen LogP contribution is -2.49. The molecule has 1 aromatic carbocycles. The van der Waals surface area contributed by atoms with E-state index in [1.54, 1.807) is 0 Å². The Morgan fingerprint density at radius 3 is 2.68 bits per heavy atom. The topological polar surface area (TPSA) is 64.4 Å². The van der Waals surface area contributed by atoms with E-state index in [-0.39, 0.29) is 11.3 Å². The summed E-state index contributed by atoms with van der Waals surface area (Å²) in [6, 6.07) is 6.22. The molecule has 2 aliphatic heterocycles. The molecule has 0 spiro atoms. The Morgan fingerprint density at radius 1 is 1.37 bits per heavy atom. The second-order valence-corrected chi connectivity index (χ2v) is 6.33. The van der Waals surface area contributed by atoms with Gasteiger partial charge in [-0.1, -0.05) is 12.1 Å². The SMILES string of the molecule is CC1(C)C(=O)Nc2ccc(CC3(CN)COC3)cc21. The van der Waals surface area contributed by atoms with Crippen LogP contribution in [0.25, 0.3) is 0 Å². The minimum Gasteiger partial charge on any atom is -0.380 e. The number of nitrogens with two attached hydrogens (primary N) is 1. The maximum Gasteiger partial charge on any atom is 0.234 e. The van der Waals surface area contributed by atoms with Crippen molar-refractivity contribution in [2.45, 2.75) is 25.7 Å². The number of anilines is 1. The first kappa shape index (κ1) is 12.6. The number of amides is 1. The number of carbonyl (C=O) groups is 1. The number of fused-ring (bicyclic) bond motifs is 1. The van der Waals surface area contributed by atoms with Crippen molar-refractivity contribution in [1.82, 2.24) is 0 Å². The summed E-state index contributed by atoms with van der Waals surface area (Å²) in [6.07, 6.45) is 0.918. The molecule has 4 heteroatoms. The van der Waals surface area contributed by atoms with E-state index in [1.807, 2.05) is 19.9 Å². The molecule has 1 fully saturated rings. The lowest BCUT2D eigenvalue weighted by atomic mass is 9.78. The summed E-state index contributed by atoms with van der Waals surface area (Å²) in [4.78, 5) is 11.9. The van der Waals surface area contributed by atoms with E-state index in [9.17, 15) is 4.79 Å². The number of carbonyl (C=O) groups excluding carboxylic acids is 1. The second-order valence-electron chi connectivity index (χ2n) is 6.33. The molecule has 1 saturated heterocycles. The summed E-state index contributed by atoms with van der Waals surface area (Å²) < 4.78 is 5.31. The fraction of sp³-hybridized carbons (Fsp3) is 0.533. The first-order valence-electron chi connectivity index (χ1n) is 6.70. The average Bonchev–Trinajstić information content (AvgIpc) is 2.56. The molecule has 1 amide bonds. The Labute approximate surface area is 113 Å². The van der Waals surface area contributed by atoms with Gasteiger partial charge in [-0.3, -0.25) is 4.79 Å². The van der Waals surface area contributed by atoms with E-state index >= 15 is 0 Å². The van der Waals surface area contributed by atoms with Crippen LogP contribution >= 0.6 is 0 Å². The van der Waals surface area contributed by atoms with Crippen LogP contribution in [0.4, 0.5) is 5.69 Å². The largest absolute Gasteiger partial charge is 0.380 e. The number of hydrogen-bond acceptors (Lipinski definition) is 3. The van der Waals surface area contributed by atoms with Crippen molar-refractivity contribution in [2.24, 2.45) is 11.1 Å². The molecule has 0 aromatic heterocycles. The van der Waals surface area contributed by atoms with Crippen molar-refractivity contribution >= 4 is 11.6 Å². The van der Waals surface area contributed by atoms with Crippen molar-refractivity contribution in [3.63, 3.8) is 0 Å². The molecule has 3 N–H and O–H groups in total. The predicted octanol–water partition coefficient (Wildman–Crippen LogP) is 1.43. The molecule has 1 aromatic rings. The standard InChI is InChI=1S/C15H20N2O2/c1-14(2)11-5-10(3-4-12(11)17-13(14)18)6-15(7-16)8-19-9-15/h3-5H,6-9,16H2,1-2H3,(H,17,18). The number of rotatable bonds is 3. The Kier molecular flexibility index (Phi) is 2.69. The molecule has 0 bridgehead atoms. The summed E-state index contributed by atoms with van der Waals surface area (Å²) >= 11 is 0. The number of hydrogen-bond donors (Lipinski definition) is 2. The van der Waals surface area contributed by atoms with Gasteiger partial charge >= 0.3 is 0 Å². The highest BCUT2D eigenvalue weighted by Crippen LogP contribution is 2.39. The van der Waals surface area contributed by atoms with Gasteiger partial charge in [0.15, 0.2) is 0 Å². The molecular weight excluding hydrogens is 240 g/mol. The van der Waals surface area contributed by atoms with Crippen molar-refractivity contribution < 1.29 is 9.53 Å². The van der Waals surface area contributed by atoms with Gasteiger partial charge in [-0.2, -0.15) is 0 Å². The van der Waals surface area contributed by atoms with Crippen LogP contribution in [0.1, 0.15) is 25.0 Å². The predicted molar refractivity (Wildman–Crippen MR) is 74.1 cm³/mol. The summed E-state index contributed by atoms with van der Waals surface area (Å²) in [5.41, 5.74) is 8.76. The first-order valence-corrected chi connectivity index (χ1v) is 6.70. The van der Waals surface area contributed by atoms with Gasteiger partial charge in [0.25, 0.3) is 0 Å². The summed E-state index contributed by atoms with van der Waals surface area (Å²) in [7, 11) is 0. The molecule has 0 aliphatic carbocycles. The van der Waals surface area contributed by atoms with Gasteiger partial charge < -0.3 is 15.8 Å². The van der Waals surface area contributed by atoms with Gasteiger partial charge in [-0.05, 0) is 37.5 Å². The van der Waals surface area contributed by atoms with E-state index in [0.717, 1.165) is 30.9 Å². The fourth-order valence-electron chi connectivity index (χ4n) is 2.84. The third-order valence-corrected chi connectivity index (χ3v) is 4.40. The van der Waals surface area contributed by atoms with Gasteiger partial charge in [0.2, 0.25) is 5.91 Å². The molecule has 19 heavy (non-hydrogen) atoms. The molecule has 0 unspecified atom stereocenters. The van der Waals surface area contributed by atoms with Crippen LogP contribution in [0, 0.1) is 5.41 Å². The lowest BCUT2D eigenvalue weighted by molar-refractivity contribution is -0.119. The van der Waals surface area contributed by atoms with Gasteiger partial charge in [0, 0.05) is 17.6 Å². The minimum absolute atomic E-state index is 0.0696. The maximum atomic E-state index is 11.9. The Bertz CT molecular complexity index is 527. The van der Waals surface area contributed by atoms with Crippen LogP contribution in [0.2, 0.25) is 0 Å². The Morgan fingerprint density at radius 2 is 2.11 bits per heavy atom. The van der Waals surface area contributed by atoms with Crippen molar-refractivity contribution in [1.29, 1.82) is 0 Å². The number of nitrogens with one attached hydrogen (secondary N) is 1. The van der Waals surface area contributed by atoms with Crippen LogP contribution in [0.5, 0.6) is 0 Å². The molecule has 4 nitrogen and oxygen atoms in total. The van der Waals surface area contributed by atoms with Crippen LogP contribution < -0.4 is 11.1 Å². The Hall–Kier alpha value is -1.39. The third kappa shape index (κ3) is 1.86. The number of benzene rings is 1. The van der Waals surface area contributed by atoms with Crippen molar-refractivity contribution in [2.75, 3.05) is 25.1 Å². The van der Waals surface area contributed by atoms with Gasteiger partial charge in [0.1, 0.15) is 0 Å². The normalized spacial score (nSPS) is 22.6. The zero-order valence-electron chi connectivity index (χ0n) is 11.5. The van der Waals surface area contributed by atoms with Gasteiger partial charge in [-0.15, -0.1) is 0 Å². The van der Waals surface area contributed by atoms with Crippen LogP contribution in [0.15, 0.2) is 18.2 Å². The zero-order chi connectivity index (χ0) is 13.7. The zero-order valence-corrected chi connectivity index (χ0v) is 11.5. The third-order valence-electron chi connectivity index (χ3n) is 4.40. The highest BCUT2D eigenvalue weighted by atomic mass is 16.5. The van der Waals surface area contributed by atoms with Crippen LogP contribution in [-0.2, 0) is 21.4 Å². The second kappa shape index (κ2) is 4.05. The smallest absolute Gasteiger partial charge is 0.234 e. The highest BCUT2D eigenvalue weighted by Gasteiger charge is 2.40. The highest BCUT2D eigenvalue weighted by molar-refractivity contribution is 6.05.